The van der Waals surface area contributed by atoms with Crippen molar-refractivity contribution in [3.63, 3.8) is 0 Å². The molecule has 2 aromatic carbocycles. The summed E-state index contributed by atoms with van der Waals surface area (Å²) < 4.78 is 5.64. The topological polar surface area (TPSA) is 64.9 Å². The van der Waals surface area contributed by atoms with Gasteiger partial charge in [-0.1, -0.05) is 35.3 Å². The average molecular weight is 320 g/mol. The van der Waals surface area contributed by atoms with Crippen LogP contribution in [0.4, 0.5) is 5.69 Å². The first-order valence-electron chi connectivity index (χ1n) is 6.24. The number of anilines is 1. The molecule has 0 aliphatic heterocycles. The second kappa shape index (κ2) is 5.76. The van der Waals surface area contributed by atoms with Crippen LogP contribution >= 0.6 is 23.2 Å². The van der Waals surface area contributed by atoms with Crippen molar-refractivity contribution in [3.05, 3.63) is 64.0 Å². The van der Waals surface area contributed by atoms with Gasteiger partial charge in [-0.25, -0.2) is 0 Å². The molecule has 0 spiro atoms. The maximum atomic E-state index is 6.12. The van der Waals surface area contributed by atoms with Crippen LogP contribution in [-0.4, -0.2) is 10.2 Å². The van der Waals surface area contributed by atoms with Gasteiger partial charge in [-0.05, 0) is 35.9 Å². The van der Waals surface area contributed by atoms with Gasteiger partial charge < -0.3 is 10.2 Å². The summed E-state index contributed by atoms with van der Waals surface area (Å²) in [5, 5.41) is 9.09. The average Bonchev–Trinajstić information content (AvgIpc) is 2.90. The van der Waals surface area contributed by atoms with E-state index in [1.807, 2.05) is 24.3 Å². The first-order chi connectivity index (χ1) is 10.1. The molecule has 3 rings (SSSR count). The van der Waals surface area contributed by atoms with Crippen molar-refractivity contribution in [1.29, 1.82) is 0 Å². The lowest BCUT2D eigenvalue weighted by Gasteiger charge is -1.99. The second-order valence-electron chi connectivity index (χ2n) is 4.54. The van der Waals surface area contributed by atoms with Gasteiger partial charge in [0.15, 0.2) is 0 Å². The molecule has 0 saturated carbocycles. The van der Waals surface area contributed by atoms with Crippen LogP contribution < -0.4 is 5.73 Å². The Morgan fingerprint density at radius 2 is 1.76 bits per heavy atom. The van der Waals surface area contributed by atoms with Crippen LogP contribution in [0.25, 0.3) is 11.5 Å². The summed E-state index contributed by atoms with van der Waals surface area (Å²) in [4.78, 5) is 0. The normalized spacial score (nSPS) is 10.8. The van der Waals surface area contributed by atoms with E-state index in [0.717, 1.165) is 11.3 Å². The minimum absolute atomic E-state index is 0.377. The zero-order valence-electron chi connectivity index (χ0n) is 10.9. The molecule has 6 heteroatoms. The number of hydrogen-bond acceptors (Lipinski definition) is 4. The van der Waals surface area contributed by atoms with E-state index in [1.165, 1.54) is 0 Å². The monoisotopic (exact) mass is 319 g/mol. The first-order valence-corrected chi connectivity index (χ1v) is 6.99. The van der Waals surface area contributed by atoms with Crippen molar-refractivity contribution in [1.82, 2.24) is 10.2 Å². The fourth-order valence-electron chi connectivity index (χ4n) is 1.91. The summed E-state index contributed by atoms with van der Waals surface area (Å²) in [6.45, 7) is 0. The lowest BCUT2D eigenvalue weighted by Crippen LogP contribution is -1.90. The summed E-state index contributed by atoms with van der Waals surface area (Å²) in [7, 11) is 0. The number of nitrogens with zero attached hydrogens (tertiary/aromatic N) is 2. The zero-order valence-corrected chi connectivity index (χ0v) is 12.4. The number of benzene rings is 2. The minimum atomic E-state index is 0.377. The van der Waals surface area contributed by atoms with Gasteiger partial charge >= 0.3 is 0 Å². The van der Waals surface area contributed by atoms with E-state index in [1.54, 1.807) is 18.2 Å². The molecule has 0 amide bonds. The van der Waals surface area contributed by atoms with Crippen LogP contribution in [0, 0.1) is 0 Å². The van der Waals surface area contributed by atoms with Crippen molar-refractivity contribution in [2.75, 3.05) is 5.73 Å². The molecular formula is C15H11Cl2N3O. The third-order valence-corrected chi connectivity index (χ3v) is 3.51. The Labute approximate surface area is 131 Å². The lowest BCUT2D eigenvalue weighted by atomic mass is 10.1. The summed E-state index contributed by atoms with van der Waals surface area (Å²) in [6.07, 6.45) is 0.540. The quantitative estimate of drug-likeness (QED) is 0.734. The molecule has 2 N–H and O–H groups in total. The van der Waals surface area contributed by atoms with Crippen LogP contribution in [-0.2, 0) is 6.42 Å². The number of aromatic nitrogens is 2. The highest BCUT2D eigenvalue weighted by Gasteiger charge is 2.12. The molecule has 106 valence electrons. The molecular weight excluding hydrogens is 309 g/mol. The summed E-state index contributed by atoms with van der Waals surface area (Å²) >= 11 is 12.0. The van der Waals surface area contributed by atoms with E-state index < -0.39 is 0 Å². The predicted molar refractivity (Wildman–Crippen MR) is 83.4 cm³/mol. The van der Waals surface area contributed by atoms with Crippen molar-refractivity contribution in [2.45, 2.75) is 6.42 Å². The Balaban J connectivity index is 1.84. The third kappa shape index (κ3) is 3.17. The Kier molecular flexibility index (Phi) is 3.82. The van der Waals surface area contributed by atoms with E-state index in [-0.39, 0.29) is 0 Å². The summed E-state index contributed by atoms with van der Waals surface area (Å²) in [5.74, 6) is 0.892. The largest absolute Gasteiger partial charge is 0.420 e. The highest BCUT2D eigenvalue weighted by molar-refractivity contribution is 6.36. The van der Waals surface area contributed by atoms with Crippen LogP contribution in [0.3, 0.4) is 0 Å². The van der Waals surface area contributed by atoms with Crippen molar-refractivity contribution >= 4 is 28.9 Å². The number of nitrogens with two attached hydrogens (primary N) is 1. The van der Waals surface area contributed by atoms with Gasteiger partial charge in [-0.15, -0.1) is 10.2 Å². The molecule has 0 aliphatic carbocycles. The predicted octanol–water partition coefficient (Wildman–Crippen LogP) is 4.22. The van der Waals surface area contributed by atoms with Crippen LogP contribution in [0.2, 0.25) is 10.0 Å². The molecule has 0 aliphatic rings. The van der Waals surface area contributed by atoms with E-state index in [2.05, 4.69) is 10.2 Å². The van der Waals surface area contributed by atoms with Crippen LogP contribution in [0.1, 0.15) is 11.5 Å². The number of nitrogen functional groups attached to an aromatic ring is 1. The number of halogens is 2. The molecule has 0 fully saturated rings. The Morgan fingerprint density at radius 1 is 1.00 bits per heavy atom. The Hall–Kier alpha value is -2.04. The molecule has 1 aromatic heterocycles. The highest BCUT2D eigenvalue weighted by atomic mass is 35.5. The van der Waals surface area contributed by atoms with Gasteiger partial charge in [0, 0.05) is 10.7 Å². The minimum Gasteiger partial charge on any atom is -0.420 e. The molecule has 0 bridgehead atoms. The molecule has 0 unspecified atom stereocenters. The van der Waals surface area contributed by atoms with Crippen molar-refractivity contribution in [2.24, 2.45) is 0 Å². The second-order valence-corrected chi connectivity index (χ2v) is 5.39. The van der Waals surface area contributed by atoms with Crippen LogP contribution in [0.5, 0.6) is 0 Å². The highest BCUT2D eigenvalue weighted by Crippen LogP contribution is 2.29. The van der Waals surface area contributed by atoms with Crippen LogP contribution in [0.15, 0.2) is 46.9 Å². The van der Waals surface area contributed by atoms with Gasteiger partial charge in [0.25, 0.3) is 0 Å². The van der Waals surface area contributed by atoms with E-state index in [4.69, 9.17) is 33.4 Å². The SMILES string of the molecule is Nc1ccc(Cc2nnc(-c3ccc(Cl)cc3Cl)o2)cc1. The zero-order chi connectivity index (χ0) is 14.8. The first kappa shape index (κ1) is 13.9. The van der Waals surface area contributed by atoms with E-state index in [0.29, 0.717) is 33.8 Å². The molecule has 1 heterocycles. The number of rotatable bonds is 3. The molecule has 0 radical (unpaired) electrons. The Bertz CT molecular complexity index is 769. The lowest BCUT2D eigenvalue weighted by molar-refractivity contribution is 0.518. The fourth-order valence-corrected chi connectivity index (χ4v) is 2.40. The van der Waals surface area contributed by atoms with Crippen molar-refractivity contribution in [3.8, 4) is 11.5 Å². The Morgan fingerprint density at radius 3 is 2.48 bits per heavy atom. The van der Waals surface area contributed by atoms with Gasteiger partial charge in [0.05, 0.1) is 17.0 Å². The maximum absolute atomic E-state index is 6.12. The third-order valence-electron chi connectivity index (χ3n) is 2.96. The molecule has 0 atom stereocenters. The van der Waals surface area contributed by atoms with E-state index >= 15 is 0 Å². The van der Waals surface area contributed by atoms with Gasteiger partial charge in [0.1, 0.15) is 0 Å². The summed E-state index contributed by atoms with van der Waals surface area (Å²) in [5.41, 5.74) is 8.08. The standard InChI is InChI=1S/C15H11Cl2N3O/c16-10-3-6-12(13(17)8-10)15-20-19-14(21-15)7-9-1-4-11(18)5-2-9/h1-6,8H,7,18H2. The summed E-state index contributed by atoms with van der Waals surface area (Å²) in [6, 6.07) is 12.6. The molecule has 0 saturated heterocycles. The van der Waals surface area contributed by atoms with Crippen molar-refractivity contribution < 1.29 is 4.42 Å². The fraction of sp³-hybridized carbons (Fsp3) is 0.0667. The molecule has 21 heavy (non-hydrogen) atoms. The smallest absolute Gasteiger partial charge is 0.249 e. The van der Waals surface area contributed by atoms with Gasteiger partial charge in [-0.2, -0.15) is 0 Å². The molecule has 3 aromatic rings. The number of hydrogen-bond donors (Lipinski definition) is 1. The molecule has 4 nitrogen and oxygen atoms in total. The van der Waals surface area contributed by atoms with Gasteiger partial charge in [0.2, 0.25) is 11.8 Å². The van der Waals surface area contributed by atoms with Gasteiger partial charge in [-0.3, -0.25) is 0 Å². The maximum Gasteiger partial charge on any atom is 0.249 e. The van der Waals surface area contributed by atoms with E-state index in [9.17, 15) is 0 Å².